The largest absolute Gasteiger partial charge is 0.423 e. The number of nitrogens with zero attached hydrogens (tertiary/aromatic N) is 2. The Bertz CT molecular complexity index is 703. The van der Waals surface area contributed by atoms with E-state index in [1.165, 1.54) is 0 Å². The van der Waals surface area contributed by atoms with Gasteiger partial charge in [-0.05, 0) is 37.5 Å². The van der Waals surface area contributed by atoms with Gasteiger partial charge < -0.3 is 19.8 Å². The molecule has 2 saturated heterocycles. The van der Waals surface area contributed by atoms with Crippen LogP contribution in [0.2, 0.25) is 0 Å². The fourth-order valence-electron chi connectivity index (χ4n) is 3.29. The highest BCUT2D eigenvalue weighted by Gasteiger charge is 2.47. The van der Waals surface area contributed by atoms with Gasteiger partial charge in [0.05, 0.1) is 5.54 Å². The Labute approximate surface area is 121 Å². The van der Waals surface area contributed by atoms with Crippen LogP contribution in [0, 0.1) is 0 Å². The predicted molar refractivity (Wildman–Crippen MR) is 77.3 cm³/mol. The van der Waals surface area contributed by atoms with Crippen molar-refractivity contribution in [2.24, 2.45) is 5.73 Å². The van der Waals surface area contributed by atoms with Gasteiger partial charge in [-0.25, -0.2) is 0 Å². The molecule has 1 aromatic carbocycles. The minimum atomic E-state index is -0.453. The van der Waals surface area contributed by atoms with Crippen LogP contribution >= 0.6 is 0 Å². The van der Waals surface area contributed by atoms with Crippen LogP contribution in [0.4, 0.5) is 6.01 Å². The molecular formula is C15H17N3O3. The zero-order valence-electron chi connectivity index (χ0n) is 11.7. The summed E-state index contributed by atoms with van der Waals surface area (Å²) < 4.78 is 11.3. The van der Waals surface area contributed by atoms with E-state index < -0.39 is 5.91 Å². The molecule has 2 aliphatic rings. The standard InChI is InChI=1S/C15H17N3O3/c16-13(19)10-1-2-12-11(9-10)17-14(21-12)18-6-3-15(18)4-7-20-8-5-15/h1-2,9H,3-8H2,(H2,16,19). The Kier molecular flexibility index (Phi) is 2.68. The smallest absolute Gasteiger partial charge is 0.298 e. The molecule has 2 aromatic rings. The lowest BCUT2D eigenvalue weighted by Crippen LogP contribution is -2.62. The maximum atomic E-state index is 11.2. The van der Waals surface area contributed by atoms with Crippen molar-refractivity contribution in [3.05, 3.63) is 23.8 Å². The van der Waals surface area contributed by atoms with E-state index in [2.05, 4.69) is 9.88 Å². The van der Waals surface area contributed by atoms with Crippen molar-refractivity contribution in [2.75, 3.05) is 24.7 Å². The highest BCUT2D eigenvalue weighted by atomic mass is 16.5. The average molecular weight is 287 g/mol. The molecule has 1 amide bonds. The predicted octanol–water partition coefficient (Wildman–Crippen LogP) is 1.69. The quantitative estimate of drug-likeness (QED) is 0.909. The Morgan fingerprint density at radius 2 is 2.10 bits per heavy atom. The summed E-state index contributed by atoms with van der Waals surface area (Å²) in [6.45, 7) is 2.54. The summed E-state index contributed by atoms with van der Waals surface area (Å²) in [6.07, 6.45) is 3.18. The van der Waals surface area contributed by atoms with E-state index in [0.29, 0.717) is 22.7 Å². The van der Waals surface area contributed by atoms with E-state index in [9.17, 15) is 4.79 Å². The van der Waals surface area contributed by atoms with Gasteiger partial charge in [-0.2, -0.15) is 4.98 Å². The number of fused-ring (bicyclic) bond motifs is 1. The molecule has 2 aliphatic heterocycles. The van der Waals surface area contributed by atoms with Crippen LogP contribution in [0.3, 0.4) is 0 Å². The molecule has 6 heteroatoms. The zero-order valence-corrected chi connectivity index (χ0v) is 11.7. The van der Waals surface area contributed by atoms with Crippen LogP contribution in [-0.4, -0.2) is 36.2 Å². The molecule has 0 atom stereocenters. The zero-order chi connectivity index (χ0) is 14.4. The number of benzene rings is 1. The lowest BCUT2D eigenvalue weighted by Gasteiger charge is -2.53. The minimum absolute atomic E-state index is 0.144. The summed E-state index contributed by atoms with van der Waals surface area (Å²) in [5.74, 6) is -0.453. The molecule has 3 heterocycles. The second kappa shape index (κ2) is 4.46. The van der Waals surface area contributed by atoms with Gasteiger partial charge in [0.15, 0.2) is 5.58 Å². The molecule has 6 nitrogen and oxygen atoms in total. The monoisotopic (exact) mass is 287 g/mol. The number of carbonyl (C=O) groups is 1. The van der Waals surface area contributed by atoms with Crippen molar-refractivity contribution < 1.29 is 13.9 Å². The molecule has 110 valence electrons. The number of carbonyl (C=O) groups excluding carboxylic acids is 1. The summed E-state index contributed by atoms with van der Waals surface area (Å²) in [6, 6.07) is 5.74. The van der Waals surface area contributed by atoms with Crippen LogP contribution < -0.4 is 10.6 Å². The number of hydrogen-bond donors (Lipinski definition) is 1. The van der Waals surface area contributed by atoms with E-state index >= 15 is 0 Å². The number of hydrogen-bond acceptors (Lipinski definition) is 5. The Balaban J connectivity index is 1.69. The third kappa shape index (κ3) is 1.90. The topological polar surface area (TPSA) is 81.6 Å². The normalized spacial score (nSPS) is 20.7. The van der Waals surface area contributed by atoms with E-state index in [0.717, 1.165) is 39.0 Å². The summed E-state index contributed by atoms with van der Waals surface area (Å²) in [5.41, 5.74) is 7.25. The second-order valence-corrected chi connectivity index (χ2v) is 5.78. The van der Waals surface area contributed by atoms with Gasteiger partial charge in [-0.3, -0.25) is 4.79 Å². The van der Waals surface area contributed by atoms with E-state index in [4.69, 9.17) is 14.9 Å². The van der Waals surface area contributed by atoms with Gasteiger partial charge in [-0.1, -0.05) is 0 Å². The lowest BCUT2D eigenvalue weighted by molar-refractivity contribution is 0.0265. The third-order valence-corrected chi connectivity index (χ3v) is 4.69. The van der Waals surface area contributed by atoms with Gasteiger partial charge in [0, 0.05) is 25.3 Å². The summed E-state index contributed by atoms with van der Waals surface area (Å²) in [4.78, 5) is 18.0. The fraction of sp³-hybridized carbons (Fsp3) is 0.467. The highest BCUT2D eigenvalue weighted by Crippen LogP contribution is 2.42. The SMILES string of the molecule is NC(=O)c1ccc2oc(N3CCC34CCOCC4)nc2c1. The molecule has 0 radical (unpaired) electrons. The number of anilines is 1. The molecule has 2 N–H and O–H groups in total. The van der Waals surface area contributed by atoms with Crippen LogP contribution in [0.15, 0.2) is 22.6 Å². The van der Waals surface area contributed by atoms with Crippen LogP contribution in [0.1, 0.15) is 29.6 Å². The first kappa shape index (κ1) is 12.6. The van der Waals surface area contributed by atoms with E-state index in [1.54, 1.807) is 18.2 Å². The van der Waals surface area contributed by atoms with Gasteiger partial charge in [0.1, 0.15) is 5.52 Å². The van der Waals surface area contributed by atoms with Crippen LogP contribution in [0.5, 0.6) is 0 Å². The first-order valence-corrected chi connectivity index (χ1v) is 7.24. The highest BCUT2D eigenvalue weighted by molar-refractivity contribution is 5.96. The number of amides is 1. The molecular weight excluding hydrogens is 270 g/mol. The van der Waals surface area contributed by atoms with Gasteiger partial charge >= 0.3 is 0 Å². The molecule has 1 aromatic heterocycles. The lowest BCUT2D eigenvalue weighted by atomic mass is 9.78. The van der Waals surface area contributed by atoms with Crippen molar-refractivity contribution in [1.82, 2.24) is 4.98 Å². The van der Waals surface area contributed by atoms with Crippen molar-refractivity contribution >= 4 is 23.0 Å². The molecule has 0 aliphatic carbocycles. The first-order valence-electron chi connectivity index (χ1n) is 7.24. The van der Waals surface area contributed by atoms with Crippen molar-refractivity contribution in [2.45, 2.75) is 24.8 Å². The number of aromatic nitrogens is 1. The summed E-state index contributed by atoms with van der Waals surface area (Å²) in [5, 5.41) is 0. The maximum Gasteiger partial charge on any atom is 0.298 e. The van der Waals surface area contributed by atoms with Crippen molar-refractivity contribution in [3.63, 3.8) is 0 Å². The van der Waals surface area contributed by atoms with Crippen LogP contribution in [0.25, 0.3) is 11.1 Å². The second-order valence-electron chi connectivity index (χ2n) is 5.78. The Morgan fingerprint density at radius 3 is 2.76 bits per heavy atom. The Morgan fingerprint density at radius 1 is 1.29 bits per heavy atom. The van der Waals surface area contributed by atoms with Crippen LogP contribution in [-0.2, 0) is 4.74 Å². The third-order valence-electron chi connectivity index (χ3n) is 4.69. The van der Waals surface area contributed by atoms with Gasteiger partial charge in [-0.15, -0.1) is 0 Å². The fourth-order valence-corrected chi connectivity index (χ4v) is 3.29. The summed E-state index contributed by atoms with van der Waals surface area (Å²) in [7, 11) is 0. The number of primary amides is 1. The number of rotatable bonds is 2. The molecule has 0 bridgehead atoms. The average Bonchev–Trinajstić information content (AvgIpc) is 2.88. The Hall–Kier alpha value is -2.08. The number of oxazole rings is 1. The van der Waals surface area contributed by atoms with Gasteiger partial charge in [0.25, 0.3) is 6.01 Å². The molecule has 0 unspecified atom stereocenters. The molecule has 1 spiro atoms. The van der Waals surface area contributed by atoms with E-state index in [1.807, 2.05) is 0 Å². The van der Waals surface area contributed by atoms with Crippen molar-refractivity contribution in [1.29, 1.82) is 0 Å². The first-order chi connectivity index (χ1) is 10.2. The van der Waals surface area contributed by atoms with Crippen molar-refractivity contribution in [3.8, 4) is 0 Å². The number of nitrogens with two attached hydrogens (primary N) is 1. The summed E-state index contributed by atoms with van der Waals surface area (Å²) >= 11 is 0. The maximum absolute atomic E-state index is 11.2. The minimum Gasteiger partial charge on any atom is -0.423 e. The van der Waals surface area contributed by atoms with E-state index in [-0.39, 0.29) is 5.54 Å². The molecule has 4 rings (SSSR count). The molecule has 0 saturated carbocycles. The molecule has 2 fully saturated rings. The van der Waals surface area contributed by atoms with Gasteiger partial charge in [0.2, 0.25) is 5.91 Å². The molecule has 21 heavy (non-hydrogen) atoms. The number of ether oxygens (including phenoxy) is 1.